The van der Waals surface area contributed by atoms with Crippen LogP contribution in [0.5, 0.6) is 11.5 Å². The number of rotatable bonds is 9. The average Bonchev–Trinajstić information content (AvgIpc) is 2.66. The molecule has 2 N–H and O–H groups in total. The number of benzene rings is 2. The summed E-state index contributed by atoms with van der Waals surface area (Å²) in [4.78, 5) is 11.8. The zero-order valence-electron chi connectivity index (χ0n) is 15.7. The summed E-state index contributed by atoms with van der Waals surface area (Å²) in [6, 6.07) is 15.8. The van der Waals surface area contributed by atoms with Crippen molar-refractivity contribution in [2.24, 2.45) is 0 Å². The van der Waals surface area contributed by atoms with Gasteiger partial charge in [-0.05, 0) is 35.6 Å². The molecule has 5 heteroatoms. The third kappa shape index (κ3) is 6.31. The van der Waals surface area contributed by atoms with Gasteiger partial charge in [0.1, 0.15) is 6.61 Å². The zero-order valence-corrected chi connectivity index (χ0v) is 15.7. The molecular formula is C21H28N2O3. The molecule has 5 nitrogen and oxygen atoms in total. The van der Waals surface area contributed by atoms with Crippen LogP contribution in [0.3, 0.4) is 0 Å². The molecule has 0 atom stereocenters. The van der Waals surface area contributed by atoms with Gasteiger partial charge in [-0.15, -0.1) is 0 Å². The highest BCUT2D eigenvalue weighted by atomic mass is 16.5. The van der Waals surface area contributed by atoms with E-state index in [-0.39, 0.29) is 6.03 Å². The van der Waals surface area contributed by atoms with Crippen molar-refractivity contribution in [3.63, 3.8) is 0 Å². The van der Waals surface area contributed by atoms with Crippen LogP contribution in [0.2, 0.25) is 0 Å². The van der Waals surface area contributed by atoms with Gasteiger partial charge in [0.05, 0.1) is 13.7 Å². The van der Waals surface area contributed by atoms with Gasteiger partial charge < -0.3 is 20.1 Å². The Labute approximate surface area is 155 Å². The number of carbonyl (C=O) groups excluding carboxylic acids is 1. The Hall–Kier alpha value is -2.69. The second kappa shape index (κ2) is 10.3. The van der Waals surface area contributed by atoms with Crippen molar-refractivity contribution in [1.82, 2.24) is 10.6 Å². The maximum absolute atomic E-state index is 11.8. The zero-order chi connectivity index (χ0) is 18.8. The normalized spacial score (nSPS) is 10.5. The van der Waals surface area contributed by atoms with Crippen LogP contribution >= 0.6 is 0 Å². The summed E-state index contributed by atoms with van der Waals surface area (Å²) in [6.07, 6.45) is 0.809. The van der Waals surface area contributed by atoms with Gasteiger partial charge in [0.25, 0.3) is 0 Å². The van der Waals surface area contributed by atoms with Gasteiger partial charge in [-0.2, -0.15) is 0 Å². The van der Waals surface area contributed by atoms with E-state index in [0.29, 0.717) is 37.1 Å². The average molecular weight is 356 g/mol. The van der Waals surface area contributed by atoms with Gasteiger partial charge in [0.15, 0.2) is 11.5 Å². The molecule has 2 amide bonds. The lowest BCUT2D eigenvalue weighted by Gasteiger charge is -2.11. The lowest BCUT2D eigenvalue weighted by molar-refractivity contribution is 0.235. The number of methoxy groups -OCH3 is 1. The lowest BCUT2D eigenvalue weighted by atomic mass is 10.0. The molecule has 0 saturated carbocycles. The van der Waals surface area contributed by atoms with E-state index in [1.807, 2.05) is 24.3 Å². The molecule has 140 valence electrons. The number of ether oxygens (including phenoxy) is 2. The Balaban J connectivity index is 1.61. The third-order valence-electron chi connectivity index (χ3n) is 4.06. The SMILES string of the molecule is COc1ccccc1OCCNC(=O)NCCc1ccc(C(C)C)cc1. The predicted molar refractivity (Wildman–Crippen MR) is 104 cm³/mol. The van der Waals surface area contributed by atoms with Crippen molar-refractivity contribution in [3.8, 4) is 11.5 Å². The summed E-state index contributed by atoms with van der Waals surface area (Å²) < 4.78 is 10.8. The monoisotopic (exact) mass is 356 g/mol. The molecule has 2 aromatic carbocycles. The molecular weight excluding hydrogens is 328 g/mol. The Bertz CT molecular complexity index is 684. The van der Waals surface area contributed by atoms with Crippen LogP contribution in [0.4, 0.5) is 4.79 Å². The first-order valence-corrected chi connectivity index (χ1v) is 8.96. The van der Waals surface area contributed by atoms with E-state index in [1.165, 1.54) is 11.1 Å². The molecule has 0 bridgehead atoms. The van der Waals surface area contributed by atoms with Crippen LogP contribution < -0.4 is 20.1 Å². The van der Waals surface area contributed by atoms with E-state index >= 15 is 0 Å². The van der Waals surface area contributed by atoms with Crippen molar-refractivity contribution in [3.05, 3.63) is 59.7 Å². The van der Waals surface area contributed by atoms with Crippen molar-refractivity contribution < 1.29 is 14.3 Å². The Morgan fingerprint density at radius 1 is 0.962 bits per heavy atom. The summed E-state index contributed by atoms with van der Waals surface area (Å²) in [5, 5.41) is 5.64. The second-order valence-corrected chi connectivity index (χ2v) is 6.33. The Kier molecular flexibility index (Phi) is 7.80. The molecule has 0 heterocycles. The topological polar surface area (TPSA) is 59.6 Å². The molecule has 2 rings (SSSR count). The minimum absolute atomic E-state index is 0.188. The number of nitrogens with one attached hydrogen (secondary N) is 2. The van der Waals surface area contributed by atoms with Crippen LogP contribution in [0, 0.1) is 0 Å². The number of para-hydroxylation sites is 2. The largest absolute Gasteiger partial charge is 0.493 e. The minimum atomic E-state index is -0.188. The molecule has 2 aromatic rings. The quantitative estimate of drug-likeness (QED) is 0.673. The van der Waals surface area contributed by atoms with Gasteiger partial charge in [-0.3, -0.25) is 0 Å². The molecule has 0 unspecified atom stereocenters. The fraction of sp³-hybridized carbons (Fsp3) is 0.381. The van der Waals surface area contributed by atoms with E-state index in [4.69, 9.17) is 9.47 Å². The molecule has 0 aliphatic carbocycles. The summed E-state index contributed by atoms with van der Waals surface area (Å²) in [5.41, 5.74) is 2.55. The first-order chi connectivity index (χ1) is 12.6. The molecule has 0 spiro atoms. The standard InChI is InChI=1S/C21H28N2O3/c1-16(2)18-10-8-17(9-11-18)12-13-22-21(24)23-14-15-26-20-7-5-4-6-19(20)25-3/h4-11,16H,12-15H2,1-3H3,(H2,22,23,24). The highest BCUT2D eigenvalue weighted by Crippen LogP contribution is 2.25. The number of hydrogen-bond donors (Lipinski definition) is 2. The maximum atomic E-state index is 11.8. The minimum Gasteiger partial charge on any atom is -0.493 e. The number of urea groups is 1. The fourth-order valence-electron chi connectivity index (χ4n) is 2.52. The molecule has 0 fully saturated rings. The molecule has 0 aromatic heterocycles. The van der Waals surface area contributed by atoms with Gasteiger partial charge in [-0.25, -0.2) is 4.79 Å². The van der Waals surface area contributed by atoms with Crippen LogP contribution in [-0.4, -0.2) is 32.8 Å². The lowest BCUT2D eigenvalue weighted by Crippen LogP contribution is -2.38. The molecule has 0 radical (unpaired) electrons. The van der Waals surface area contributed by atoms with Gasteiger partial charge in [0.2, 0.25) is 0 Å². The smallest absolute Gasteiger partial charge is 0.314 e. The Morgan fingerprint density at radius 2 is 1.62 bits per heavy atom. The third-order valence-corrected chi connectivity index (χ3v) is 4.06. The first kappa shape index (κ1) is 19.6. The Morgan fingerprint density at radius 3 is 2.27 bits per heavy atom. The second-order valence-electron chi connectivity index (χ2n) is 6.33. The van der Waals surface area contributed by atoms with Crippen molar-refractivity contribution >= 4 is 6.03 Å². The van der Waals surface area contributed by atoms with Crippen LogP contribution in [0.25, 0.3) is 0 Å². The van der Waals surface area contributed by atoms with Crippen LogP contribution in [-0.2, 0) is 6.42 Å². The van der Waals surface area contributed by atoms with Crippen LogP contribution in [0.15, 0.2) is 48.5 Å². The van der Waals surface area contributed by atoms with E-state index in [9.17, 15) is 4.79 Å². The summed E-state index contributed by atoms with van der Waals surface area (Å²) in [5.74, 6) is 1.88. The predicted octanol–water partition coefficient (Wildman–Crippen LogP) is 3.74. The van der Waals surface area contributed by atoms with E-state index in [2.05, 4.69) is 48.7 Å². The number of carbonyl (C=O) groups is 1. The van der Waals surface area contributed by atoms with Crippen molar-refractivity contribution in [2.75, 3.05) is 26.8 Å². The molecule has 0 saturated heterocycles. The van der Waals surface area contributed by atoms with Gasteiger partial charge in [0, 0.05) is 6.54 Å². The molecule has 0 aliphatic heterocycles. The number of amides is 2. The highest BCUT2D eigenvalue weighted by Gasteiger charge is 2.04. The summed E-state index contributed by atoms with van der Waals surface area (Å²) >= 11 is 0. The molecule has 26 heavy (non-hydrogen) atoms. The van der Waals surface area contributed by atoms with Gasteiger partial charge >= 0.3 is 6.03 Å². The first-order valence-electron chi connectivity index (χ1n) is 8.96. The highest BCUT2D eigenvalue weighted by molar-refractivity contribution is 5.73. The van der Waals surface area contributed by atoms with Crippen molar-refractivity contribution in [2.45, 2.75) is 26.2 Å². The van der Waals surface area contributed by atoms with Crippen LogP contribution in [0.1, 0.15) is 30.9 Å². The van der Waals surface area contributed by atoms with Crippen molar-refractivity contribution in [1.29, 1.82) is 0 Å². The van der Waals surface area contributed by atoms with E-state index in [0.717, 1.165) is 6.42 Å². The number of hydrogen-bond acceptors (Lipinski definition) is 3. The maximum Gasteiger partial charge on any atom is 0.314 e. The molecule has 0 aliphatic rings. The summed E-state index contributed by atoms with van der Waals surface area (Å²) in [6.45, 7) is 5.76. The fourth-order valence-corrected chi connectivity index (χ4v) is 2.52. The van der Waals surface area contributed by atoms with E-state index in [1.54, 1.807) is 7.11 Å². The van der Waals surface area contributed by atoms with Gasteiger partial charge in [-0.1, -0.05) is 50.2 Å². The summed E-state index contributed by atoms with van der Waals surface area (Å²) in [7, 11) is 1.60. The van der Waals surface area contributed by atoms with E-state index < -0.39 is 0 Å².